The van der Waals surface area contributed by atoms with E-state index >= 15 is 0 Å². The summed E-state index contributed by atoms with van der Waals surface area (Å²) in [6, 6.07) is 3.58. The number of rotatable bonds is 1. The van der Waals surface area contributed by atoms with Gasteiger partial charge in [-0.05, 0) is 37.3 Å². The molecule has 0 aliphatic carbocycles. The van der Waals surface area contributed by atoms with E-state index in [1.165, 1.54) is 16.9 Å². The van der Waals surface area contributed by atoms with Crippen molar-refractivity contribution in [3.63, 3.8) is 0 Å². The van der Waals surface area contributed by atoms with Gasteiger partial charge in [0.15, 0.2) is 0 Å². The van der Waals surface area contributed by atoms with Crippen LogP contribution in [0.2, 0.25) is 0 Å². The molecule has 60 valence electrons. The topological polar surface area (TPSA) is 12.0 Å². The van der Waals surface area contributed by atoms with Gasteiger partial charge >= 0.3 is 0 Å². The minimum absolute atomic E-state index is 0.657. The Hall–Kier alpha value is -0.340. The first-order valence-corrected chi connectivity index (χ1v) is 4.95. The van der Waals surface area contributed by atoms with Gasteiger partial charge < -0.3 is 5.32 Å². The molecule has 2 heterocycles. The van der Waals surface area contributed by atoms with Crippen LogP contribution in [-0.4, -0.2) is 6.04 Å². The van der Waals surface area contributed by atoms with Gasteiger partial charge in [0.05, 0.1) is 0 Å². The molecule has 1 aliphatic heterocycles. The Balaban J connectivity index is 2.12. The summed E-state index contributed by atoms with van der Waals surface area (Å²) in [5.74, 6) is 0. The van der Waals surface area contributed by atoms with Crippen LogP contribution in [-0.2, 0) is 0 Å². The second-order valence-electron chi connectivity index (χ2n) is 3.32. The van der Waals surface area contributed by atoms with Crippen LogP contribution in [0.5, 0.6) is 0 Å². The Morgan fingerprint density at radius 3 is 2.82 bits per heavy atom. The molecule has 1 saturated heterocycles. The summed E-state index contributed by atoms with van der Waals surface area (Å²) < 4.78 is 0. The molecule has 0 spiro atoms. The smallest absolute Gasteiger partial charge is 0.0434 e. The predicted molar refractivity (Wildman–Crippen MR) is 49.0 cm³/mol. The summed E-state index contributed by atoms with van der Waals surface area (Å²) >= 11 is 1.87. The molecule has 2 rings (SSSR count). The van der Waals surface area contributed by atoms with Crippen LogP contribution in [0.1, 0.15) is 29.8 Å². The number of thiophene rings is 1. The van der Waals surface area contributed by atoms with Crippen LogP contribution in [0.4, 0.5) is 0 Å². The number of aryl methyl sites for hydroxylation is 1. The molecule has 0 radical (unpaired) electrons. The van der Waals surface area contributed by atoms with Gasteiger partial charge in [-0.1, -0.05) is 0 Å². The number of hydrogen-bond acceptors (Lipinski definition) is 2. The van der Waals surface area contributed by atoms with Gasteiger partial charge in [0.25, 0.3) is 0 Å². The van der Waals surface area contributed by atoms with Crippen molar-refractivity contribution in [3.05, 3.63) is 21.9 Å². The highest BCUT2D eigenvalue weighted by molar-refractivity contribution is 7.10. The monoisotopic (exact) mass is 167 g/mol. The van der Waals surface area contributed by atoms with Crippen molar-refractivity contribution in [1.29, 1.82) is 0 Å². The van der Waals surface area contributed by atoms with Crippen LogP contribution in [0, 0.1) is 6.92 Å². The third kappa shape index (κ3) is 1.21. The number of hydrogen-bond donors (Lipinski definition) is 1. The molecule has 2 atom stereocenters. The van der Waals surface area contributed by atoms with Crippen LogP contribution < -0.4 is 5.32 Å². The van der Waals surface area contributed by atoms with E-state index < -0.39 is 0 Å². The van der Waals surface area contributed by atoms with Crippen LogP contribution in [0.15, 0.2) is 11.4 Å². The highest BCUT2D eigenvalue weighted by Gasteiger charge is 2.27. The van der Waals surface area contributed by atoms with Crippen LogP contribution >= 0.6 is 11.3 Å². The van der Waals surface area contributed by atoms with Gasteiger partial charge in [-0.15, -0.1) is 11.3 Å². The van der Waals surface area contributed by atoms with Gasteiger partial charge in [0, 0.05) is 17.0 Å². The molecule has 0 amide bonds. The molecule has 1 aromatic heterocycles. The lowest BCUT2D eigenvalue weighted by molar-refractivity contribution is 0.291. The average molecular weight is 167 g/mol. The van der Waals surface area contributed by atoms with Crippen molar-refractivity contribution >= 4 is 11.3 Å². The lowest BCUT2D eigenvalue weighted by Gasteiger charge is -2.34. The SMILES string of the molecule is Cc1ccsc1C1CC(C)N1. The van der Waals surface area contributed by atoms with Crippen molar-refractivity contribution in [1.82, 2.24) is 5.32 Å². The highest BCUT2D eigenvalue weighted by Crippen LogP contribution is 2.32. The second kappa shape index (κ2) is 2.61. The Morgan fingerprint density at radius 1 is 1.64 bits per heavy atom. The van der Waals surface area contributed by atoms with Gasteiger partial charge in [-0.2, -0.15) is 0 Å². The van der Waals surface area contributed by atoms with Gasteiger partial charge in [-0.25, -0.2) is 0 Å². The van der Waals surface area contributed by atoms with E-state index in [2.05, 4.69) is 30.6 Å². The van der Waals surface area contributed by atoms with Crippen molar-refractivity contribution in [2.24, 2.45) is 0 Å². The largest absolute Gasteiger partial charge is 0.307 e. The lowest BCUT2D eigenvalue weighted by Crippen LogP contribution is -2.43. The summed E-state index contributed by atoms with van der Waals surface area (Å²) in [4.78, 5) is 1.53. The van der Waals surface area contributed by atoms with E-state index in [0.29, 0.717) is 6.04 Å². The molecule has 1 fully saturated rings. The maximum absolute atomic E-state index is 3.50. The first kappa shape index (κ1) is 7.32. The quantitative estimate of drug-likeness (QED) is 0.677. The van der Waals surface area contributed by atoms with E-state index in [1.54, 1.807) is 0 Å². The van der Waals surface area contributed by atoms with E-state index in [0.717, 1.165) is 6.04 Å². The third-order valence-corrected chi connectivity index (χ3v) is 3.43. The molecular formula is C9H13NS. The minimum atomic E-state index is 0.657. The predicted octanol–water partition coefficient (Wildman–Crippen LogP) is 2.48. The number of nitrogens with one attached hydrogen (secondary N) is 1. The first-order valence-electron chi connectivity index (χ1n) is 4.07. The zero-order valence-electron chi connectivity index (χ0n) is 6.92. The zero-order valence-corrected chi connectivity index (χ0v) is 7.74. The summed E-state index contributed by atoms with van der Waals surface area (Å²) in [5.41, 5.74) is 1.44. The highest BCUT2D eigenvalue weighted by atomic mass is 32.1. The third-order valence-electron chi connectivity index (χ3n) is 2.29. The van der Waals surface area contributed by atoms with Crippen molar-refractivity contribution in [3.8, 4) is 0 Å². The summed E-state index contributed by atoms with van der Waals surface area (Å²) in [5, 5.41) is 5.67. The first-order chi connectivity index (χ1) is 5.27. The molecule has 0 saturated carbocycles. The van der Waals surface area contributed by atoms with Crippen molar-refractivity contribution in [2.75, 3.05) is 0 Å². The normalized spacial score (nSPS) is 30.0. The standard InChI is InChI=1S/C9H13NS/c1-6-3-4-11-9(6)8-5-7(2)10-8/h3-4,7-8,10H,5H2,1-2H3. The average Bonchev–Trinajstić information content (AvgIpc) is 2.29. The summed E-state index contributed by atoms with van der Waals surface area (Å²) in [7, 11) is 0. The molecule has 1 N–H and O–H groups in total. The van der Waals surface area contributed by atoms with Crippen LogP contribution in [0.3, 0.4) is 0 Å². The molecule has 0 aromatic carbocycles. The lowest BCUT2D eigenvalue weighted by atomic mass is 9.96. The van der Waals surface area contributed by atoms with Gasteiger partial charge in [0.1, 0.15) is 0 Å². The fourth-order valence-electron chi connectivity index (χ4n) is 1.60. The molecule has 11 heavy (non-hydrogen) atoms. The Bertz CT molecular complexity index is 248. The maximum Gasteiger partial charge on any atom is 0.0434 e. The summed E-state index contributed by atoms with van der Waals surface area (Å²) in [6.07, 6.45) is 1.31. The molecule has 1 aromatic rings. The van der Waals surface area contributed by atoms with Crippen molar-refractivity contribution < 1.29 is 0 Å². The van der Waals surface area contributed by atoms with E-state index in [9.17, 15) is 0 Å². The van der Waals surface area contributed by atoms with Crippen LogP contribution in [0.25, 0.3) is 0 Å². The van der Waals surface area contributed by atoms with E-state index in [4.69, 9.17) is 0 Å². The fourth-order valence-corrected chi connectivity index (χ4v) is 2.60. The van der Waals surface area contributed by atoms with Gasteiger partial charge in [0.2, 0.25) is 0 Å². The second-order valence-corrected chi connectivity index (χ2v) is 4.27. The molecule has 2 heteroatoms. The zero-order chi connectivity index (χ0) is 7.84. The Kier molecular flexibility index (Phi) is 1.74. The molecule has 0 bridgehead atoms. The molecule has 1 aliphatic rings. The van der Waals surface area contributed by atoms with Gasteiger partial charge in [-0.3, -0.25) is 0 Å². The Morgan fingerprint density at radius 2 is 2.36 bits per heavy atom. The summed E-state index contributed by atoms with van der Waals surface area (Å²) in [6.45, 7) is 4.43. The fraction of sp³-hybridized carbons (Fsp3) is 0.556. The Labute approximate surface area is 71.4 Å². The van der Waals surface area contributed by atoms with Crippen molar-refractivity contribution in [2.45, 2.75) is 32.4 Å². The molecule has 2 unspecified atom stereocenters. The molecule has 1 nitrogen and oxygen atoms in total. The van der Waals surface area contributed by atoms with E-state index in [1.807, 2.05) is 11.3 Å². The van der Waals surface area contributed by atoms with E-state index in [-0.39, 0.29) is 0 Å². The maximum atomic E-state index is 3.50. The molecular weight excluding hydrogens is 154 g/mol. The minimum Gasteiger partial charge on any atom is -0.307 e.